The Labute approximate surface area is 78.1 Å². The summed E-state index contributed by atoms with van der Waals surface area (Å²) >= 11 is 0. The SMILES string of the molecule is CC=CC=CCCOC(=O)C(C)=O. The predicted molar refractivity (Wildman–Crippen MR) is 50.2 cm³/mol. The highest BCUT2D eigenvalue weighted by Crippen LogP contribution is 1.88. The van der Waals surface area contributed by atoms with E-state index in [0.29, 0.717) is 6.42 Å². The molecule has 0 unspecified atom stereocenters. The van der Waals surface area contributed by atoms with Crippen molar-refractivity contribution < 1.29 is 14.3 Å². The largest absolute Gasteiger partial charge is 0.460 e. The maximum atomic E-state index is 10.6. The Morgan fingerprint density at radius 3 is 2.54 bits per heavy atom. The summed E-state index contributed by atoms with van der Waals surface area (Å²) in [5.74, 6) is -1.32. The maximum Gasteiger partial charge on any atom is 0.374 e. The van der Waals surface area contributed by atoms with E-state index >= 15 is 0 Å². The molecule has 3 heteroatoms. The van der Waals surface area contributed by atoms with Crippen LogP contribution >= 0.6 is 0 Å². The van der Waals surface area contributed by atoms with Gasteiger partial charge in [0, 0.05) is 6.92 Å². The van der Waals surface area contributed by atoms with Gasteiger partial charge in [-0.25, -0.2) is 4.79 Å². The number of Topliss-reactive ketones (excluding diaryl/α,β-unsaturated/α-hetero) is 1. The number of hydrogen-bond donors (Lipinski definition) is 0. The van der Waals surface area contributed by atoms with E-state index in [1.807, 2.05) is 31.2 Å². The van der Waals surface area contributed by atoms with Gasteiger partial charge in [-0.3, -0.25) is 4.79 Å². The standard InChI is InChI=1S/C10H14O3/c1-3-4-5-6-7-8-13-10(12)9(2)11/h3-6H,7-8H2,1-2H3. The highest BCUT2D eigenvalue weighted by atomic mass is 16.5. The average Bonchev–Trinajstić information content (AvgIpc) is 2.10. The summed E-state index contributed by atoms with van der Waals surface area (Å²) < 4.78 is 4.62. The van der Waals surface area contributed by atoms with E-state index in [4.69, 9.17) is 0 Å². The van der Waals surface area contributed by atoms with Crippen LogP contribution in [0.4, 0.5) is 0 Å². The van der Waals surface area contributed by atoms with Gasteiger partial charge in [0.05, 0.1) is 6.61 Å². The fourth-order valence-corrected chi connectivity index (χ4v) is 0.607. The van der Waals surface area contributed by atoms with Crippen LogP contribution in [0.5, 0.6) is 0 Å². The first kappa shape index (κ1) is 11.6. The first-order chi connectivity index (χ1) is 6.18. The van der Waals surface area contributed by atoms with E-state index in [1.54, 1.807) is 0 Å². The smallest absolute Gasteiger partial charge is 0.374 e. The molecule has 0 rings (SSSR count). The predicted octanol–water partition coefficient (Wildman–Crippen LogP) is 1.64. The number of ether oxygens (including phenoxy) is 1. The van der Waals surface area contributed by atoms with Crippen LogP contribution in [0.25, 0.3) is 0 Å². The molecule has 0 saturated carbocycles. The van der Waals surface area contributed by atoms with Crippen molar-refractivity contribution in [3.63, 3.8) is 0 Å². The molecule has 13 heavy (non-hydrogen) atoms. The molecular formula is C10H14O3. The molecule has 0 aromatic heterocycles. The Kier molecular flexibility index (Phi) is 6.51. The average molecular weight is 182 g/mol. The van der Waals surface area contributed by atoms with Crippen molar-refractivity contribution >= 4 is 11.8 Å². The molecule has 0 aromatic carbocycles. The second-order valence-corrected chi connectivity index (χ2v) is 2.43. The number of ketones is 1. The minimum Gasteiger partial charge on any atom is -0.460 e. The summed E-state index contributed by atoms with van der Waals surface area (Å²) in [5.41, 5.74) is 0. The van der Waals surface area contributed by atoms with Gasteiger partial charge in [0.25, 0.3) is 0 Å². The normalized spacial score (nSPS) is 10.9. The number of esters is 1. The molecule has 0 fully saturated rings. The lowest BCUT2D eigenvalue weighted by Gasteiger charge is -1.97. The van der Waals surface area contributed by atoms with Crippen LogP contribution < -0.4 is 0 Å². The number of allylic oxidation sites excluding steroid dienone is 3. The molecule has 0 aliphatic heterocycles. The Bertz CT molecular complexity index is 226. The molecule has 0 heterocycles. The van der Waals surface area contributed by atoms with Crippen LogP contribution in [0.3, 0.4) is 0 Å². The highest BCUT2D eigenvalue weighted by molar-refractivity contribution is 6.32. The zero-order valence-electron chi connectivity index (χ0n) is 7.95. The van der Waals surface area contributed by atoms with Gasteiger partial charge in [0.2, 0.25) is 5.78 Å². The lowest BCUT2D eigenvalue weighted by atomic mass is 10.3. The highest BCUT2D eigenvalue weighted by Gasteiger charge is 2.06. The molecule has 0 spiro atoms. The van der Waals surface area contributed by atoms with Gasteiger partial charge in [-0.2, -0.15) is 0 Å². The summed E-state index contributed by atoms with van der Waals surface area (Å²) in [7, 11) is 0. The van der Waals surface area contributed by atoms with Gasteiger partial charge < -0.3 is 4.74 Å². The van der Waals surface area contributed by atoms with E-state index in [2.05, 4.69) is 4.74 Å². The molecule has 0 bridgehead atoms. The van der Waals surface area contributed by atoms with Gasteiger partial charge in [-0.1, -0.05) is 24.3 Å². The third-order valence-corrected chi connectivity index (χ3v) is 1.24. The van der Waals surface area contributed by atoms with Gasteiger partial charge in [0.1, 0.15) is 0 Å². The first-order valence-electron chi connectivity index (χ1n) is 4.14. The van der Waals surface area contributed by atoms with Crippen LogP contribution in [0.2, 0.25) is 0 Å². The number of carbonyl (C=O) groups is 2. The minimum atomic E-state index is -0.764. The van der Waals surface area contributed by atoms with Crippen molar-refractivity contribution in [3.8, 4) is 0 Å². The summed E-state index contributed by atoms with van der Waals surface area (Å²) in [6, 6.07) is 0. The van der Waals surface area contributed by atoms with Crippen LogP contribution in [0.15, 0.2) is 24.3 Å². The van der Waals surface area contributed by atoms with Gasteiger partial charge >= 0.3 is 5.97 Å². The third-order valence-electron chi connectivity index (χ3n) is 1.24. The Balaban J connectivity index is 3.46. The molecule has 3 nitrogen and oxygen atoms in total. The molecule has 0 saturated heterocycles. The molecule has 0 radical (unpaired) electrons. The van der Waals surface area contributed by atoms with Crippen LogP contribution in [0.1, 0.15) is 20.3 Å². The fourth-order valence-electron chi connectivity index (χ4n) is 0.607. The second kappa shape index (κ2) is 7.28. The summed E-state index contributed by atoms with van der Waals surface area (Å²) in [5, 5.41) is 0. The molecule has 0 amide bonds. The lowest BCUT2D eigenvalue weighted by molar-refractivity contribution is -0.152. The zero-order chi connectivity index (χ0) is 10.1. The van der Waals surface area contributed by atoms with Crippen molar-refractivity contribution in [2.24, 2.45) is 0 Å². The molecule has 0 N–H and O–H groups in total. The van der Waals surface area contributed by atoms with Crippen molar-refractivity contribution in [2.45, 2.75) is 20.3 Å². The van der Waals surface area contributed by atoms with E-state index in [9.17, 15) is 9.59 Å². The Morgan fingerprint density at radius 2 is 2.00 bits per heavy atom. The van der Waals surface area contributed by atoms with E-state index in [0.717, 1.165) is 0 Å². The maximum absolute atomic E-state index is 10.6. The molecule has 0 aliphatic carbocycles. The Morgan fingerprint density at radius 1 is 1.31 bits per heavy atom. The quantitative estimate of drug-likeness (QED) is 0.281. The van der Waals surface area contributed by atoms with Crippen molar-refractivity contribution in [1.82, 2.24) is 0 Å². The fraction of sp³-hybridized carbons (Fsp3) is 0.400. The van der Waals surface area contributed by atoms with E-state index in [-0.39, 0.29) is 6.61 Å². The monoisotopic (exact) mass is 182 g/mol. The molecule has 0 atom stereocenters. The van der Waals surface area contributed by atoms with Crippen molar-refractivity contribution in [3.05, 3.63) is 24.3 Å². The lowest BCUT2D eigenvalue weighted by Crippen LogP contribution is -2.13. The number of carbonyl (C=O) groups excluding carboxylic acids is 2. The molecule has 72 valence electrons. The third kappa shape index (κ3) is 7.00. The molecule has 0 aliphatic rings. The zero-order valence-corrected chi connectivity index (χ0v) is 7.95. The first-order valence-corrected chi connectivity index (χ1v) is 4.14. The van der Waals surface area contributed by atoms with Crippen LogP contribution in [-0.2, 0) is 14.3 Å². The Hall–Kier alpha value is -1.38. The van der Waals surface area contributed by atoms with Gasteiger partial charge in [0.15, 0.2) is 0 Å². The minimum absolute atomic E-state index is 0.256. The van der Waals surface area contributed by atoms with Gasteiger partial charge in [-0.05, 0) is 13.3 Å². The number of rotatable bonds is 5. The van der Waals surface area contributed by atoms with Crippen molar-refractivity contribution in [1.29, 1.82) is 0 Å². The summed E-state index contributed by atoms with van der Waals surface area (Å²) in [4.78, 5) is 21.0. The van der Waals surface area contributed by atoms with Crippen LogP contribution in [0, 0.1) is 0 Å². The number of hydrogen-bond acceptors (Lipinski definition) is 3. The van der Waals surface area contributed by atoms with Gasteiger partial charge in [-0.15, -0.1) is 0 Å². The second-order valence-electron chi connectivity index (χ2n) is 2.43. The molecule has 0 aromatic rings. The van der Waals surface area contributed by atoms with Crippen LogP contribution in [-0.4, -0.2) is 18.4 Å². The topological polar surface area (TPSA) is 43.4 Å². The van der Waals surface area contributed by atoms with Crippen molar-refractivity contribution in [2.75, 3.05) is 6.61 Å². The van der Waals surface area contributed by atoms with E-state index in [1.165, 1.54) is 6.92 Å². The summed E-state index contributed by atoms with van der Waals surface area (Å²) in [6.07, 6.45) is 8.14. The summed E-state index contributed by atoms with van der Waals surface area (Å²) in [6.45, 7) is 3.37. The van der Waals surface area contributed by atoms with E-state index < -0.39 is 11.8 Å². The molecular weight excluding hydrogens is 168 g/mol.